The monoisotopic (exact) mass is 255 g/mol. The predicted molar refractivity (Wildman–Crippen MR) is 70.3 cm³/mol. The molecule has 0 radical (unpaired) electrons. The summed E-state index contributed by atoms with van der Waals surface area (Å²) in [6, 6.07) is 0.480. The highest BCUT2D eigenvalue weighted by Gasteiger charge is 2.24. The van der Waals surface area contributed by atoms with Gasteiger partial charge in [-0.2, -0.15) is 0 Å². The van der Waals surface area contributed by atoms with Gasteiger partial charge < -0.3 is 20.7 Å². The number of amides is 1. The lowest BCUT2D eigenvalue weighted by molar-refractivity contribution is -0.121. The Morgan fingerprint density at radius 2 is 2.00 bits per heavy atom. The number of likely N-dealkylation sites (tertiary alicyclic amines) is 1. The zero-order valence-electron chi connectivity index (χ0n) is 11.1. The number of carbonyl (C=O) groups excluding carboxylic acids is 1. The third-order valence-electron chi connectivity index (χ3n) is 3.60. The third-order valence-corrected chi connectivity index (χ3v) is 3.60. The van der Waals surface area contributed by atoms with Crippen LogP contribution in [0, 0.1) is 0 Å². The van der Waals surface area contributed by atoms with E-state index in [1.54, 1.807) is 0 Å². The molecule has 0 bridgehead atoms. The van der Waals surface area contributed by atoms with Crippen molar-refractivity contribution in [2.24, 2.45) is 5.73 Å². The van der Waals surface area contributed by atoms with Gasteiger partial charge in [0.1, 0.15) is 0 Å². The summed E-state index contributed by atoms with van der Waals surface area (Å²) >= 11 is 0. The molecule has 0 aromatic heterocycles. The normalized spacial score (nSPS) is 22.1. The molecule has 5 nitrogen and oxygen atoms in total. The summed E-state index contributed by atoms with van der Waals surface area (Å²) in [4.78, 5) is 13.9. The largest absolute Gasteiger partial charge is 0.377 e. The van der Waals surface area contributed by atoms with Crippen LogP contribution in [0.5, 0.6) is 0 Å². The first kappa shape index (κ1) is 13.8. The van der Waals surface area contributed by atoms with E-state index in [2.05, 4.69) is 10.2 Å². The summed E-state index contributed by atoms with van der Waals surface area (Å²) in [5, 5.41) is 3.03. The van der Waals surface area contributed by atoms with Gasteiger partial charge >= 0.3 is 0 Å². The average Bonchev–Trinajstić information content (AvgIpc) is 3.19. The fourth-order valence-electron chi connectivity index (χ4n) is 2.32. The van der Waals surface area contributed by atoms with Crippen LogP contribution in [0.4, 0.5) is 0 Å². The smallest absolute Gasteiger partial charge is 0.221 e. The lowest BCUT2D eigenvalue weighted by Gasteiger charge is -2.31. The minimum Gasteiger partial charge on any atom is -0.377 e. The molecule has 104 valence electrons. The van der Waals surface area contributed by atoms with Crippen molar-refractivity contribution in [2.75, 3.05) is 32.8 Å². The molecular formula is C13H25N3O2. The van der Waals surface area contributed by atoms with Crippen molar-refractivity contribution in [3.63, 3.8) is 0 Å². The van der Waals surface area contributed by atoms with E-state index in [9.17, 15) is 4.79 Å². The molecule has 0 aromatic carbocycles. The maximum atomic E-state index is 11.6. The lowest BCUT2D eigenvalue weighted by atomic mass is 10.1. The van der Waals surface area contributed by atoms with Crippen molar-refractivity contribution < 1.29 is 9.53 Å². The van der Waals surface area contributed by atoms with Crippen molar-refractivity contribution in [3.05, 3.63) is 0 Å². The highest BCUT2D eigenvalue weighted by molar-refractivity contribution is 5.76. The molecule has 1 aliphatic heterocycles. The summed E-state index contributed by atoms with van der Waals surface area (Å²) in [5.41, 5.74) is 5.42. The maximum Gasteiger partial charge on any atom is 0.221 e. The second-order valence-corrected chi connectivity index (χ2v) is 5.29. The second-order valence-electron chi connectivity index (χ2n) is 5.29. The molecule has 1 heterocycles. The molecule has 18 heavy (non-hydrogen) atoms. The van der Waals surface area contributed by atoms with Crippen LogP contribution in [0.1, 0.15) is 32.1 Å². The Hall–Kier alpha value is -0.650. The Morgan fingerprint density at radius 3 is 2.61 bits per heavy atom. The number of nitrogens with zero attached hydrogens (tertiary/aromatic N) is 1. The van der Waals surface area contributed by atoms with Crippen molar-refractivity contribution in [1.29, 1.82) is 0 Å². The predicted octanol–water partition coefficient (Wildman–Crippen LogP) is 0.0948. The maximum absolute atomic E-state index is 11.6. The fourth-order valence-corrected chi connectivity index (χ4v) is 2.32. The number of piperidine rings is 1. The highest BCUT2D eigenvalue weighted by atomic mass is 16.5. The first-order valence-corrected chi connectivity index (χ1v) is 7.11. The molecule has 1 saturated heterocycles. The van der Waals surface area contributed by atoms with Crippen molar-refractivity contribution >= 4 is 5.91 Å². The molecule has 0 unspecified atom stereocenters. The Bertz CT molecular complexity index is 261. The van der Waals surface area contributed by atoms with Crippen LogP contribution in [-0.4, -0.2) is 55.7 Å². The zero-order chi connectivity index (χ0) is 12.8. The summed E-state index contributed by atoms with van der Waals surface area (Å²) in [6.07, 6.45) is 5.44. The minimum absolute atomic E-state index is 0.207. The van der Waals surface area contributed by atoms with E-state index in [4.69, 9.17) is 10.5 Å². The molecule has 0 spiro atoms. The summed E-state index contributed by atoms with van der Waals surface area (Å²) in [5.74, 6) is 0.207. The van der Waals surface area contributed by atoms with Crippen LogP contribution in [0.15, 0.2) is 0 Å². The molecule has 2 aliphatic rings. The Morgan fingerprint density at radius 1 is 1.28 bits per heavy atom. The third kappa shape index (κ3) is 4.92. The van der Waals surface area contributed by atoms with Gasteiger partial charge in [0.2, 0.25) is 5.91 Å². The van der Waals surface area contributed by atoms with Crippen LogP contribution < -0.4 is 11.1 Å². The number of hydrogen-bond donors (Lipinski definition) is 2. The number of nitrogens with one attached hydrogen (secondary N) is 1. The van der Waals surface area contributed by atoms with E-state index in [0.717, 1.165) is 45.3 Å². The van der Waals surface area contributed by atoms with Gasteiger partial charge in [-0.15, -0.1) is 0 Å². The molecule has 0 atom stereocenters. The summed E-state index contributed by atoms with van der Waals surface area (Å²) < 4.78 is 5.64. The Balaban J connectivity index is 1.53. The topological polar surface area (TPSA) is 67.6 Å². The molecular weight excluding hydrogens is 230 g/mol. The number of nitrogens with two attached hydrogens (primary N) is 1. The van der Waals surface area contributed by atoms with Gasteiger partial charge in [-0.05, 0) is 25.7 Å². The van der Waals surface area contributed by atoms with E-state index < -0.39 is 0 Å². The van der Waals surface area contributed by atoms with Crippen LogP contribution in [0.25, 0.3) is 0 Å². The van der Waals surface area contributed by atoms with E-state index in [0.29, 0.717) is 31.7 Å². The number of ether oxygens (including phenoxy) is 1. The van der Waals surface area contributed by atoms with E-state index in [1.807, 2.05) is 0 Å². The van der Waals surface area contributed by atoms with Crippen LogP contribution in [-0.2, 0) is 9.53 Å². The molecule has 1 amide bonds. The van der Waals surface area contributed by atoms with Crippen molar-refractivity contribution in [3.8, 4) is 0 Å². The molecule has 2 rings (SSSR count). The number of carbonyl (C=O) groups is 1. The minimum atomic E-state index is 0.207. The van der Waals surface area contributed by atoms with Crippen molar-refractivity contribution in [1.82, 2.24) is 10.2 Å². The molecule has 0 aromatic rings. The highest BCUT2D eigenvalue weighted by Crippen LogP contribution is 2.19. The molecule has 5 heteroatoms. The van der Waals surface area contributed by atoms with Gasteiger partial charge in [0.05, 0.1) is 12.7 Å². The van der Waals surface area contributed by atoms with Gasteiger partial charge in [0, 0.05) is 38.6 Å². The van der Waals surface area contributed by atoms with Gasteiger partial charge in [-0.1, -0.05) is 0 Å². The summed E-state index contributed by atoms with van der Waals surface area (Å²) in [7, 11) is 0. The van der Waals surface area contributed by atoms with Crippen LogP contribution >= 0.6 is 0 Å². The fraction of sp³-hybridized carbons (Fsp3) is 0.923. The summed E-state index contributed by atoms with van der Waals surface area (Å²) in [6.45, 7) is 4.20. The van der Waals surface area contributed by atoms with Gasteiger partial charge in [-0.25, -0.2) is 0 Å². The Labute approximate surface area is 109 Å². The lowest BCUT2D eigenvalue weighted by Crippen LogP contribution is -2.39. The quantitative estimate of drug-likeness (QED) is 0.677. The Kier molecular flexibility index (Phi) is 5.41. The van der Waals surface area contributed by atoms with Gasteiger partial charge in [0.15, 0.2) is 0 Å². The molecule has 2 fully saturated rings. The average molecular weight is 255 g/mol. The molecule has 1 aliphatic carbocycles. The zero-order valence-corrected chi connectivity index (χ0v) is 11.1. The number of rotatable bonds is 7. The molecule has 1 saturated carbocycles. The van der Waals surface area contributed by atoms with E-state index in [-0.39, 0.29) is 5.91 Å². The first-order chi connectivity index (χ1) is 8.78. The van der Waals surface area contributed by atoms with Crippen molar-refractivity contribution in [2.45, 2.75) is 44.2 Å². The second kappa shape index (κ2) is 7.07. The SMILES string of the molecule is NCCOC1CCN(CCC(=O)NC2CC2)CC1. The van der Waals surface area contributed by atoms with E-state index >= 15 is 0 Å². The first-order valence-electron chi connectivity index (χ1n) is 7.11. The van der Waals surface area contributed by atoms with E-state index in [1.165, 1.54) is 0 Å². The van der Waals surface area contributed by atoms with Crippen LogP contribution in [0.3, 0.4) is 0 Å². The van der Waals surface area contributed by atoms with Gasteiger partial charge in [-0.3, -0.25) is 4.79 Å². The number of hydrogen-bond acceptors (Lipinski definition) is 4. The molecule has 3 N–H and O–H groups in total. The van der Waals surface area contributed by atoms with Gasteiger partial charge in [0.25, 0.3) is 0 Å². The standard InChI is InChI=1S/C13H25N3O2/c14-6-10-18-12-3-7-16(8-4-12)9-5-13(17)15-11-1-2-11/h11-12H,1-10,14H2,(H,15,17). The van der Waals surface area contributed by atoms with Crippen LogP contribution in [0.2, 0.25) is 0 Å².